The van der Waals surface area contributed by atoms with E-state index in [0.29, 0.717) is 43.2 Å². The van der Waals surface area contributed by atoms with Gasteiger partial charge in [0.2, 0.25) is 0 Å². The number of carbonyl (C=O) groups excluding carboxylic acids is 1. The summed E-state index contributed by atoms with van der Waals surface area (Å²) < 4.78 is 25.1. The maximum atomic E-state index is 13.5. The maximum absolute atomic E-state index is 13.5. The third-order valence-corrected chi connectivity index (χ3v) is 12.3. The quantitative estimate of drug-likeness (QED) is 0.253. The summed E-state index contributed by atoms with van der Waals surface area (Å²) in [6.07, 6.45) is 10.4. The molecule has 1 N–H and O–H groups in total. The van der Waals surface area contributed by atoms with Crippen LogP contribution in [0, 0.1) is 22.7 Å². The zero-order chi connectivity index (χ0) is 26.9. The summed E-state index contributed by atoms with van der Waals surface area (Å²) in [4.78, 5) is 12.3. The van der Waals surface area contributed by atoms with Crippen LogP contribution in [0.4, 0.5) is 0 Å². The van der Waals surface area contributed by atoms with Crippen molar-refractivity contribution in [3.63, 3.8) is 0 Å². The number of fused-ring (bicyclic) bond motifs is 4. The highest BCUT2D eigenvalue weighted by atomic mass is 32.1. The van der Waals surface area contributed by atoms with Crippen molar-refractivity contribution >= 4 is 59.2 Å². The molecule has 1 aromatic rings. The fourth-order valence-corrected chi connectivity index (χ4v) is 10.2. The lowest BCUT2D eigenvalue weighted by Crippen LogP contribution is -2.51. The Morgan fingerprint density at radius 1 is 0.977 bits per heavy atom. The Morgan fingerprint density at radius 3 is 2.18 bits per heavy atom. The Balaban J connectivity index is 0.00000308. The van der Waals surface area contributed by atoms with E-state index in [-0.39, 0.29) is 85.3 Å². The third kappa shape index (κ3) is 7.07. The molecule has 6 rings (SSSR count). The van der Waals surface area contributed by atoms with E-state index in [4.69, 9.17) is 9.05 Å². The lowest BCUT2D eigenvalue weighted by Gasteiger charge is -2.55. The van der Waals surface area contributed by atoms with Crippen molar-refractivity contribution in [3.8, 4) is 0 Å². The second-order valence-corrected chi connectivity index (χ2v) is 15.4. The molecule has 2 saturated carbocycles. The number of rotatable bonds is 4. The van der Waals surface area contributed by atoms with Crippen LogP contribution in [-0.2, 0) is 18.4 Å². The van der Waals surface area contributed by atoms with Crippen molar-refractivity contribution in [2.75, 3.05) is 13.2 Å². The molecule has 1 heterocycles. The summed E-state index contributed by atoms with van der Waals surface area (Å²) in [5, 5.41) is 12.5. The molecule has 0 radical (unpaired) electrons. The van der Waals surface area contributed by atoms with Crippen LogP contribution < -0.4 is 5.30 Å². The Labute approximate surface area is 288 Å². The first kappa shape index (κ1) is 43.3. The second kappa shape index (κ2) is 15.4. The smallest absolute Gasteiger partial charge is 0.361 e. The molecular weight excluding hydrogens is 628 g/mol. The average molecular weight is 687 g/mol. The summed E-state index contributed by atoms with van der Waals surface area (Å²) >= 11 is 0. The van der Waals surface area contributed by atoms with Crippen LogP contribution in [0.25, 0.3) is 0 Å². The van der Waals surface area contributed by atoms with Gasteiger partial charge in [0.1, 0.15) is 0 Å². The summed E-state index contributed by atoms with van der Waals surface area (Å²) in [5.41, 5.74) is 4.16. The first-order valence-electron chi connectivity index (χ1n) is 14.3. The minimum absolute atomic E-state index is 0. The summed E-state index contributed by atoms with van der Waals surface area (Å²) in [6, 6.07) is 8.01. The number of benzene rings is 1. The zero-order valence-electron chi connectivity index (χ0n) is 24.5. The van der Waals surface area contributed by atoms with Crippen molar-refractivity contribution in [1.82, 2.24) is 0 Å². The van der Waals surface area contributed by atoms with E-state index in [0.717, 1.165) is 38.5 Å². The van der Waals surface area contributed by atoms with Gasteiger partial charge >= 0.3 is 7.60 Å². The Morgan fingerprint density at radius 2 is 1.59 bits per heavy atom. The van der Waals surface area contributed by atoms with Crippen LogP contribution in [-0.4, -0.2) is 29.7 Å². The molecule has 1 saturated heterocycles. The van der Waals surface area contributed by atoms with Gasteiger partial charge in [0.05, 0.1) is 24.1 Å². The monoisotopic (exact) mass is 686 g/mol. The first-order chi connectivity index (χ1) is 18.0. The molecule has 5 aliphatic rings. The van der Waals surface area contributed by atoms with Crippen LogP contribution in [0.3, 0.4) is 0 Å². The molecule has 1 aromatic carbocycles. The van der Waals surface area contributed by atoms with Gasteiger partial charge in [-0.15, -0.1) is 6.58 Å². The van der Waals surface area contributed by atoms with Crippen molar-refractivity contribution in [1.29, 1.82) is 0 Å². The molecule has 0 amide bonds. The van der Waals surface area contributed by atoms with E-state index in [1.165, 1.54) is 22.3 Å². The van der Waals surface area contributed by atoms with Crippen molar-refractivity contribution in [2.45, 2.75) is 106 Å². The predicted molar refractivity (Wildman–Crippen MR) is 201 cm³/mol. The first-order valence-corrected chi connectivity index (χ1v) is 15.8. The van der Waals surface area contributed by atoms with Crippen LogP contribution in [0.1, 0.15) is 106 Å². The lowest BCUT2D eigenvalue weighted by atomic mass is 9.51. The third-order valence-electron chi connectivity index (χ3n) is 10.4. The fourth-order valence-electron chi connectivity index (χ4n) is 8.26. The normalized spacial score (nSPS) is 32.5. The molecule has 0 unspecified atom stereocenters. The highest BCUT2D eigenvalue weighted by Gasteiger charge is 2.62. The van der Waals surface area contributed by atoms with E-state index in [1.54, 1.807) is 0 Å². The maximum Gasteiger partial charge on any atom is 0.361 e. The molecule has 5 atom stereocenters. The van der Waals surface area contributed by atoms with Crippen LogP contribution in [0.5, 0.6) is 0 Å². The van der Waals surface area contributed by atoms with E-state index in [9.17, 15) is 14.5 Å². The van der Waals surface area contributed by atoms with E-state index >= 15 is 0 Å². The molecular formula is C35H59O5PS3. The Bertz CT molecular complexity index is 1280. The van der Waals surface area contributed by atoms with Crippen LogP contribution in [0.15, 0.2) is 59.7 Å². The van der Waals surface area contributed by atoms with Crippen molar-refractivity contribution in [3.05, 3.63) is 65.3 Å². The van der Waals surface area contributed by atoms with Gasteiger partial charge in [-0.25, -0.2) is 0 Å². The minimum Gasteiger partial charge on any atom is -0.389 e. The fraction of sp³-hybridized carbons (Fsp3) is 0.629. The van der Waals surface area contributed by atoms with Crippen LogP contribution in [0.2, 0.25) is 0 Å². The molecule has 3 fully saturated rings. The van der Waals surface area contributed by atoms with Gasteiger partial charge in [-0.3, -0.25) is 9.36 Å². The summed E-state index contributed by atoms with van der Waals surface area (Å²) in [7, 11) is -3.34. The van der Waals surface area contributed by atoms with Crippen LogP contribution >= 0.6 is 48.1 Å². The molecule has 0 spiro atoms. The highest BCUT2D eigenvalue weighted by molar-refractivity contribution is 7.62. The standard InChI is InChI=1S/C32H41O5P.3CH4.3H2S/c1-5-15-32(34)16-14-28-26-12-8-22-17-23(33)9-13-25(22)29(26)27(18-31(28,32)4)21-6-10-24(11-7-21)38(35)36-19-30(2,3)20-37-38;;;;;;/h5-7,10-11,17,26-28,34H,1,8-9,12-16,18-20H2,2-4H3;3*1H4;3*1H2/t26-,27+,28-,31-,32-;;;;;;/m0....../s1. The number of aliphatic hydroxyl groups is 1. The van der Waals surface area contributed by atoms with E-state index in [2.05, 4.69) is 25.6 Å². The van der Waals surface area contributed by atoms with E-state index < -0.39 is 13.2 Å². The number of allylic oxidation sites excluding steroid dienone is 4. The van der Waals surface area contributed by atoms with Crippen molar-refractivity contribution < 1.29 is 23.5 Å². The number of ketones is 1. The number of hydrogen-bond donors (Lipinski definition) is 1. The molecule has 0 aromatic heterocycles. The van der Waals surface area contributed by atoms with Gasteiger partial charge in [0, 0.05) is 23.2 Å². The molecule has 0 bridgehead atoms. The van der Waals surface area contributed by atoms with Gasteiger partial charge in [0.25, 0.3) is 0 Å². The van der Waals surface area contributed by atoms with Gasteiger partial charge in [0.15, 0.2) is 5.78 Å². The Kier molecular flexibility index (Phi) is 15.2. The molecule has 44 heavy (non-hydrogen) atoms. The van der Waals surface area contributed by atoms with Gasteiger partial charge in [-0.1, -0.05) is 66.8 Å². The van der Waals surface area contributed by atoms with Crippen molar-refractivity contribution in [2.24, 2.45) is 22.7 Å². The largest absolute Gasteiger partial charge is 0.389 e. The Hall–Kier alpha value is -0.730. The summed E-state index contributed by atoms with van der Waals surface area (Å²) in [5.74, 6) is 1.21. The molecule has 252 valence electrons. The highest BCUT2D eigenvalue weighted by Crippen LogP contribution is 2.67. The molecule has 9 heteroatoms. The topological polar surface area (TPSA) is 72.8 Å². The second-order valence-electron chi connectivity index (χ2n) is 13.4. The average Bonchev–Trinajstić information content (AvgIpc) is 3.15. The minimum atomic E-state index is -3.34. The van der Waals surface area contributed by atoms with Gasteiger partial charge in [-0.05, 0) is 91.7 Å². The molecule has 1 aliphatic heterocycles. The SMILES string of the molecule is C.C.C.C=CC[C@]1(O)CC[C@H]2[C@@H]3CCC4=CC(=O)CCC4=C3[C@@H](c3ccc(P4(=O)OCC(C)(C)CO4)cc3)C[C@@]21C.S.S.S. The van der Waals surface area contributed by atoms with Gasteiger partial charge < -0.3 is 14.2 Å². The van der Waals surface area contributed by atoms with Gasteiger partial charge in [-0.2, -0.15) is 40.5 Å². The molecule has 5 nitrogen and oxygen atoms in total. The molecule has 4 aliphatic carbocycles. The lowest BCUT2D eigenvalue weighted by molar-refractivity contribution is -0.114. The summed E-state index contributed by atoms with van der Waals surface area (Å²) in [6.45, 7) is 11.2. The number of carbonyl (C=O) groups is 1. The predicted octanol–water partition coefficient (Wildman–Crippen LogP) is 9.03. The van der Waals surface area contributed by atoms with E-state index in [1.807, 2.05) is 38.1 Å². The number of hydrogen-bond acceptors (Lipinski definition) is 5. The zero-order valence-corrected chi connectivity index (χ0v) is 28.4.